The van der Waals surface area contributed by atoms with Crippen LogP contribution in [0, 0.1) is 5.92 Å². The van der Waals surface area contributed by atoms with Crippen LogP contribution in [0.3, 0.4) is 0 Å². The van der Waals surface area contributed by atoms with Crippen molar-refractivity contribution < 1.29 is 0 Å². The molecule has 0 spiro atoms. The molecule has 1 heteroatoms. The predicted molar refractivity (Wildman–Crippen MR) is 93.1 cm³/mol. The van der Waals surface area contributed by atoms with Gasteiger partial charge in [-0.15, -0.1) is 6.58 Å². The Morgan fingerprint density at radius 1 is 1.05 bits per heavy atom. The quantitative estimate of drug-likeness (QED) is 0.380. The SMILES string of the molecule is C=C(C)CC/C=C\CCCC(NC(C)C)C(=C)C(C)C. The lowest BCUT2D eigenvalue weighted by molar-refractivity contribution is 0.448. The van der Waals surface area contributed by atoms with E-state index in [1.165, 1.54) is 24.0 Å². The summed E-state index contributed by atoms with van der Waals surface area (Å²) in [6.45, 7) is 19.2. The van der Waals surface area contributed by atoms with Crippen molar-refractivity contribution in [2.75, 3.05) is 0 Å². The normalized spacial score (nSPS) is 13.3. The van der Waals surface area contributed by atoms with Crippen LogP contribution in [0.2, 0.25) is 0 Å². The van der Waals surface area contributed by atoms with Gasteiger partial charge in [0.25, 0.3) is 0 Å². The zero-order valence-corrected chi connectivity index (χ0v) is 14.3. The molecule has 0 aliphatic heterocycles. The summed E-state index contributed by atoms with van der Waals surface area (Å²) in [6.07, 6.45) is 10.4. The maximum atomic E-state index is 4.27. The largest absolute Gasteiger partial charge is 0.308 e. The summed E-state index contributed by atoms with van der Waals surface area (Å²) in [7, 11) is 0. The zero-order chi connectivity index (χ0) is 15.5. The molecule has 0 aromatic carbocycles. The minimum atomic E-state index is 0.457. The molecule has 0 aliphatic carbocycles. The van der Waals surface area contributed by atoms with Crippen molar-refractivity contribution in [1.82, 2.24) is 5.32 Å². The summed E-state index contributed by atoms with van der Waals surface area (Å²) in [4.78, 5) is 0. The van der Waals surface area contributed by atoms with E-state index in [2.05, 4.69) is 65.2 Å². The Labute approximate surface area is 127 Å². The maximum Gasteiger partial charge on any atom is 0.0281 e. The van der Waals surface area contributed by atoms with E-state index < -0.39 is 0 Å². The molecule has 0 saturated carbocycles. The molecule has 0 aromatic heterocycles. The zero-order valence-electron chi connectivity index (χ0n) is 14.3. The standard InChI is InChI=1S/C19H35N/c1-15(2)13-11-9-8-10-12-14-19(20-17(5)6)18(7)16(3)4/h8-9,16-17,19-20H,1,7,10-14H2,2-6H3/b9-8-. The molecule has 0 aliphatic rings. The summed E-state index contributed by atoms with van der Waals surface area (Å²) < 4.78 is 0. The Bertz CT molecular complexity index is 310. The topological polar surface area (TPSA) is 12.0 Å². The second-order valence-electron chi connectivity index (χ2n) is 6.50. The third kappa shape index (κ3) is 10.0. The van der Waals surface area contributed by atoms with Crippen molar-refractivity contribution in [3.63, 3.8) is 0 Å². The molecule has 1 atom stereocenters. The van der Waals surface area contributed by atoms with Crippen LogP contribution in [0.4, 0.5) is 0 Å². The molecule has 0 amide bonds. The van der Waals surface area contributed by atoms with Gasteiger partial charge in [-0.05, 0) is 44.9 Å². The van der Waals surface area contributed by atoms with Gasteiger partial charge < -0.3 is 5.32 Å². The smallest absolute Gasteiger partial charge is 0.0281 e. The second kappa shape index (κ2) is 10.9. The lowest BCUT2D eigenvalue weighted by Gasteiger charge is -2.25. The summed E-state index contributed by atoms with van der Waals surface area (Å²) in [5, 5.41) is 3.64. The van der Waals surface area contributed by atoms with Gasteiger partial charge in [-0.3, -0.25) is 0 Å². The van der Waals surface area contributed by atoms with Gasteiger partial charge >= 0.3 is 0 Å². The highest BCUT2D eigenvalue weighted by Gasteiger charge is 2.15. The van der Waals surface area contributed by atoms with Crippen molar-refractivity contribution in [3.05, 3.63) is 36.5 Å². The molecular weight excluding hydrogens is 242 g/mol. The third-order valence-corrected chi connectivity index (χ3v) is 3.49. The van der Waals surface area contributed by atoms with Crippen LogP contribution in [0.25, 0.3) is 0 Å². The van der Waals surface area contributed by atoms with Crippen molar-refractivity contribution >= 4 is 0 Å². The highest BCUT2D eigenvalue weighted by Crippen LogP contribution is 2.17. The molecule has 0 fully saturated rings. The van der Waals surface area contributed by atoms with E-state index in [1.54, 1.807) is 0 Å². The second-order valence-corrected chi connectivity index (χ2v) is 6.50. The van der Waals surface area contributed by atoms with Gasteiger partial charge in [0, 0.05) is 12.1 Å². The fourth-order valence-corrected chi connectivity index (χ4v) is 2.19. The maximum absolute atomic E-state index is 4.27. The molecule has 0 aromatic rings. The Morgan fingerprint density at radius 3 is 2.15 bits per heavy atom. The van der Waals surface area contributed by atoms with Crippen LogP contribution < -0.4 is 5.32 Å². The summed E-state index contributed by atoms with van der Waals surface area (Å²) in [5.41, 5.74) is 2.61. The van der Waals surface area contributed by atoms with Crippen LogP contribution in [0.1, 0.15) is 66.7 Å². The average Bonchev–Trinajstić information content (AvgIpc) is 2.34. The van der Waals surface area contributed by atoms with Crippen molar-refractivity contribution in [3.8, 4) is 0 Å². The number of hydrogen-bond donors (Lipinski definition) is 1. The van der Waals surface area contributed by atoms with Gasteiger partial charge in [0.2, 0.25) is 0 Å². The van der Waals surface area contributed by atoms with Gasteiger partial charge in [-0.25, -0.2) is 0 Å². The van der Waals surface area contributed by atoms with E-state index >= 15 is 0 Å². The van der Waals surface area contributed by atoms with Crippen LogP contribution >= 0.6 is 0 Å². The molecule has 0 bridgehead atoms. The minimum Gasteiger partial charge on any atom is -0.308 e. The van der Waals surface area contributed by atoms with E-state index in [4.69, 9.17) is 0 Å². The van der Waals surface area contributed by atoms with Gasteiger partial charge in [0.1, 0.15) is 0 Å². The fourth-order valence-electron chi connectivity index (χ4n) is 2.19. The fraction of sp³-hybridized carbons (Fsp3) is 0.684. The molecule has 1 N–H and O–H groups in total. The molecule has 1 unspecified atom stereocenters. The van der Waals surface area contributed by atoms with E-state index in [-0.39, 0.29) is 0 Å². The van der Waals surface area contributed by atoms with E-state index in [0.717, 1.165) is 19.3 Å². The lowest BCUT2D eigenvalue weighted by atomic mass is 9.93. The van der Waals surface area contributed by atoms with Gasteiger partial charge in [-0.2, -0.15) is 0 Å². The molecule has 0 rings (SSSR count). The highest BCUT2D eigenvalue weighted by atomic mass is 14.9. The first-order valence-corrected chi connectivity index (χ1v) is 8.08. The highest BCUT2D eigenvalue weighted by molar-refractivity contribution is 5.08. The van der Waals surface area contributed by atoms with E-state index in [9.17, 15) is 0 Å². The van der Waals surface area contributed by atoms with Crippen molar-refractivity contribution in [2.24, 2.45) is 5.92 Å². The number of rotatable bonds is 11. The predicted octanol–water partition coefficient (Wildman–Crippen LogP) is 5.65. The molecular formula is C19H35N. The third-order valence-electron chi connectivity index (χ3n) is 3.49. The monoisotopic (exact) mass is 277 g/mol. The van der Waals surface area contributed by atoms with E-state index in [1.807, 2.05) is 0 Å². The van der Waals surface area contributed by atoms with E-state index in [0.29, 0.717) is 18.0 Å². The number of hydrogen-bond acceptors (Lipinski definition) is 1. The van der Waals surface area contributed by atoms with Gasteiger partial charge in [0.15, 0.2) is 0 Å². The van der Waals surface area contributed by atoms with Gasteiger partial charge in [-0.1, -0.05) is 57.6 Å². The minimum absolute atomic E-state index is 0.457. The van der Waals surface area contributed by atoms with Crippen LogP contribution in [-0.4, -0.2) is 12.1 Å². The first-order valence-electron chi connectivity index (χ1n) is 8.08. The number of allylic oxidation sites excluding steroid dienone is 3. The summed E-state index contributed by atoms with van der Waals surface area (Å²) >= 11 is 0. The van der Waals surface area contributed by atoms with Gasteiger partial charge in [0.05, 0.1) is 0 Å². The Morgan fingerprint density at radius 2 is 1.65 bits per heavy atom. The summed E-state index contributed by atoms with van der Waals surface area (Å²) in [6, 6.07) is 0.973. The number of unbranched alkanes of at least 4 members (excludes halogenated alkanes) is 1. The lowest BCUT2D eigenvalue weighted by Crippen LogP contribution is -2.37. The Kier molecular flexibility index (Phi) is 10.5. The Hall–Kier alpha value is -0.820. The average molecular weight is 277 g/mol. The number of nitrogens with one attached hydrogen (secondary N) is 1. The van der Waals surface area contributed by atoms with Crippen LogP contribution in [0.15, 0.2) is 36.5 Å². The molecule has 0 heterocycles. The first kappa shape index (κ1) is 19.2. The molecule has 20 heavy (non-hydrogen) atoms. The summed E-state index contributed by atoms with van der Waals surface area (Å²) in [5.74, 6) is 0.553. The molecule has 1 nitrogen and oxygen atoms in total. The van der Waals surface area contributed by atoms with Crippen LogP contribution in [-0.2, 0) is 0 Å². The van der Waals surface area contributed by atoms with Crippen molar-refractivity contribution in [1.29, 1.82) is 0 Å². The van der Waals surface area contributed by atoms with Crippen LogP contribution in [0.5, 0.6) is 0 Å². The molecule has 116 valence electrons. The first-order chi connectivity index (χ1) is 9.34. The molecule has 0 radical (unpaired) electrons. The molecule has 0 saturated heterocycles. The Balaban J connectivity index is 4.02. The van der Waals surface area contributed by atoms with Crippen molar-refractivity contribution in [2.45, 2.75) is 78.8 Å².